The lowest BCUT2D eigenvalue weighted by molar-refractivity contribution is 0.0922. The number of carbonyl (C=O) groups excluding carboxylic acids is 1. The van der Waals surface area contributed by atoms with Crippen molar-refractivity contribution in [3.8, 4) is 11.1 Å². The molecule has 1 saturated carbocycles. The molecular weight excluding hydrogens is 435 g/mol. The molecule has 32 heavy (non-hydrogen) atoms. The second kappa shape index (κ2) is 6.91. The fourth-order valence-electron chi connectivity index (χ4n) is 4.80. The first-order valence-corrected chi connectivity index (χ1v) is 11.7. The number of halogens is 1. The van der Waals surface area contributed by atoms with Gasteiger partial charge in [0.05, 0.1) is 29.7 Å². The predicted octanol–water partition coefficient (Wildman–Crippen LogP) is 1.80. The minimum atomic E-state index is -0.780. The van der Waals surface area contributed by atoms with E-state index >= 15 is 0 Å². The van der Waals surface area contributed by atoms with Crippen LogP contribution in [0.3, 0.4) is 0 Å². The van der Waals surface area contributed by atoms with E-state index in [1.807, 2.05) is 6.07 Å². The van der Waals surface area contributed by atoms with Crippen LogP contribution in [0.5, 0.6) is 0 Å². The quantitative estimate of drug-likeness (QED) is 0.639. The summed E-state index contributed by atoms with van der Waals surface area (Å²) in [4.78, 5) is 18.1. The number of cyclic esters (lactones) is 1. The number of nitrogens with zero attached hydrogens (tertiary/aromatic N) is 5. The SMILES string of the molecule is NC1(c2ccc(-c3ccc(N4CC(n5ccnn5)OC4=O)cc3F)cn2)[C@@H]2CS(=O)C[C@@H]21. The van der Waals surface area contributed by atoms with Crippen molar-refractivity contribution in [1.29, 1.82) is 0 Å². The highest BCUT2D eigenvalue weighted by Crippen LogP contribution is 2.59. The highest BCUT2D eigenvalue weighted by molar-refractivity contribution is 7.85. The molecular formula is C21H19FN6O3S. The molecule has 2 aliphatic heterocycles. The van der Waals surface area contributed by atoms with Crippen molar-refractivity contribution in [2.45, 2.75) is 11.8 Å². The Balaban J connectivity index is 1.21. The van der Waals surface area contributed by atoms with Gasteiger partial charge in [0.2, 0.25) is 6.23 Å². The van der Waals surface area contributed by atoms with Gasteiger partial charge in [-0.05, 0) is 24.3 Å². The zero-order chi connectivity index (χ0) is 22.0. The average Bonchev–Trinajstić information content (AvgIpc) is 3.34. The van der Waals surface area contributed by atoms with Gasteiger partial charge in [0.1, 0.15) is 5.82 Å². The van der Waals surface area contributed by atoms with E-state index in [1.54, 1.807) is 30.6 Å². The number of rotatable bonds is 4. The predicted molar refractivity (Wildman–Crippen MR) is 113 cm³/mol. The Labute approximate surface area is 184 Å². The van der Waals surface area contributed by atoms with E-state index in [-0.39, 0.29) is 18.4 Å². The summed E-state index contributed by atoms with van der Waals surface area (Å²) in [6.07, 6.45) is 3.51. The Hall–Kier alpha value is -3.18. The van der Waals surface area contributed by atoms with Crippen LogP contribution in [-0.4, -0.2) is 48.3 Å². The van der Waals surface area contributed by atoms with Crippen molar-refractivity contribution in [1.82, 2.24) is 20.0 Å². The number of aromatic nitrogens is 4. The number of pyridine rings is 1. The molecule has 1 aromatic carbocycles. The van der Waals surface area contributed by atoms with E-state index in [2.05, 4.69) is 15.3 Å². The fraction of sp³-hybridized carbons (Fsp3) is 0.333. The third-order valence-electron chi connectivity index (χ3n) is 6.65. The maximum atomic E-state index is 15.0. The molecule has 2 N–H and O–H groups in total. The smallest absolute Gasteiger partial charge is 0.416 e. The van der Waals surface area contributed by atoms with E-state index < -0.39 is 34.5 Å². The molecule has 3 unspecified atom stereocenters. The van der Waals surface area contributed by atoms with Crippen LogP contribution in [0.4, 0.5) is 14.9 Å². The summed E-state index contributed by atoms with van der Waals surface area (Å²) >= 11 is 0. The molecule has 0 bridgehead atoms. The maximum Gasteiger partial charge on any atom is 0.416 e. The molecule has 5 atom stereocenters. The second-order valence-corrected chi connectivity index (χ2v) is 9.89. The summed E-state index contributed by atoms with van der Waals surface area (Å²) in [7, 11) is -0.780. The van der Waals surface area contributed by atoms with Gasteiger partial charge in [-0.2, -0.15) is 0 Å². The number of hydrogen-bond acceptors (Lipinski definition) is 7. The number of benzene rings is 1. The number of hydrogen-bond donors (Lipinski definition) is 1. The van der Waals surface area contributed by atoms with Crippen LogP contribution >= 0.6 is 0 Å². The minimum Gasteiger partial charge on any atom is -0.421 e. The van der Waals surface area contributed by atoms with Gasteiger partial charge in [0, 0.05) is 57.7 Å². The summed E-state index contributed by atoms with van der Waals surface area (Å²) < 4.78 is 33.4. The molecule has 1 aliphatic carbocycles. The van der Waals surface area contributed by atoms with Crippen molar-refractivity contribution < 1.29 is 18.1 Å². The zero-order valence-corrected chi connectivity index (χ0v) is 17.6. The van der Waals surface area contributed by atoms with Crippen LogP contribution in [0.15, 0.2) is 48.9 Å². The van der Waals surface area contributed by atoms with Gasteiger partial charge < -0.3 is 10.5 Å². The molecule has 3 aromatic rings. The summed E-state index contributed by atoms with van der Waals surface area (Å²) in [6, 6.07) is 8.21. The Bertz CT molecular complexity index is 1220. The first-order valence-electron chi connectivity index (χ1n) is 10.2. The van der Waals surface area contributed by atoms with Gasteiger partial charge in [-0.25, -0.2) is 13.9 Å². The zero-order valence-electron chi connectivity index (χ0n) is 16.8. The lowest BCUT2D eigenvalue weighted by Crippen LogP contribution is -2.30. The van der Waals surface area contributed by atoms with Crippen LogP contribution in [0.2, 0.25) is 0 Å². The number of anilines is 1. The van der Waals surface area contributed by atoms with Crippen LogP contribution in [0, 0.1) is 17.7 Å². The van der Waals surface area contributed by atoms with Crippen LogP contribution < -0.4 is 10.6 Å². The van der Waals surface area contributed by atoms with Gasteiger partial charge in [0.15, 0.2) is 0 Å². The van der Waals surface area contributed by atoms with Crippen LogP contribution in [0.25, 0.3) is 11.1 Å². The Morgan fingerprint density at radius 3 is 2.69 bits per heavy atom. The van der Waals surface area contributed by atoms with E-state index in [9.17, 15) is 13.4 Å². The first kappa shape index (κ1) is 19.5. The molecule has 11 heteroatoms. The van der Waals surface area contributed by atoms with Gasteiger partial charge in [0.25, 0.3) is 0 Å². The number of fused-ring (bicyclic) bond motifs is 1. The Morgan fingerprint density at radius 2 is 2.03 bits per heavy atom. The molecule has 0 radical (unpaired) electrons. The number of ether oxygens (including phenoxy) is 1. The molecule has 1 amide bonds. The van der Waals surface area contributed by atoms with Crippen LogP contribution in [-0.2, 0) is 21.1 Å². The van der Waals surface area contributed by atoms with Crippen molar-refractivity contribution in [3.63, 3.8) is 0 Å². The second-order valence-electron chi connectivity index (χ2n) is 8.35. The molecule has 6 rings (SSSR count). The highest BCUT2D eigenvalue weighted by Gasteiger charge is 2.67. The number of amides is 1. The molecule has 3 aliphatic rings. The summed E-state index contributed by atoms with van der Waals surface area (Å²) in [5.74, 6) is 1.18. The van der Waals surface area contributed by atoms with Crippen molar-refractivity contribution in [3.05, 3.63) is 60.4 Å². The largest absolute Gasteiger partial charge is 0.421 e. The fourth-order valence-corrected chi connectivity index (χ4v) is 6.76. The van der Waals surface area contributed by atoms with E-state index in [4.69, 9.17) is 10.5 Å². The molecule has 0 spiro atoms. The lowest BCUT2D eigenvalue weighted by Gasteiger charge is -2.16. The third-order valence-corrected chi connectivity index (χ3v) is 8.11. The van der Waals surface area contributed by atoms with E-state index in [0.717, 1.165) is 5.69 Å². The van der Waals surface area contributed by atoms with Gasteiger partial charge in [-0.3, -0.25) is 14.1 Å². The molecule has 164 valence electrons. The van der Waals surface area contributed by atoms with Gasteiger partial charge >= 0.3 is 6.09 Å². The minimum absolute atomic E-state index is 0.197. The number of nitrogens with two attached hydrogens (primary N) is 1. The molecule has 9 nitrogen and oxygen atoms in total. The Kier molecular flexibility index (Phi) is 4.21. The summed E-state index contributed by atoms with van der Waals surface area (Å²) in [6.45, 7) is 0.197. The molecule has 2 saturated heterocycles. The normalized spacial score (nSPS) is 30.9. The van der Waals surface area contributed by atoms with Crippen molar-refractivity contribution in [2.75, 3.05) is 23.0 Å². The van der Waals surface area contributed by atoms with Gasteiger partial charge in [-0.15, -0.1) is 5.10 Å². The average molecular weight is 454 g/mol. The molecule has 4 heterocycles. The van der Waals surface area contributed by atoms with Crippen molar-refractivity contribution >= 4 is 22.6 Å². The topological polar surface area (TPSA) is 116 Å². The molecule has 3 fully saturated rings. The number of carbonyl (C=O) groups is 1. The first-order chi connectivity index (χ1) is 15.4. The summed E-state index contributed by atoms with van der Waals surface area (Å²) in [5.41, 5.74) is 8.12. The highest BCUT2D eigenvalue weighted by atomic mass is 32.2. The standard InChI is InChI=1S/C21H19FN6O3S/c22-17-7-13(27-9-19(31-20(27)29)28-6-5-25-26-28)2-3-14(17)12-1-4-18(24-8-12)21(23)15-10-32(30)11-16(15)21/h1-8,15-16,19H,9-11,23H2/t15-,16+,19?,21?,32?. The lowest BCUT2D eigenvalue weighted by atomic mass is 10.0. The Morgan fingerprint density at radius 1 is 1.22 bits per heavy atom. The van der Waals surface area contributed by atoms with E-state index in [0.29, 0.717) is 28.3 Å². The van der Waals surface area contributed by atoms with Gasteiger partial charge in [-0.1, -0.05) is 11.3 Å². The van der Waals surface area contributed by atoms with E-state index in [1.165, 1.54) is 21.8 Å². The third kappa shape index (κ3) is 2.88. The molecule has 2 aromatic heterocycles. The monoisotopic (exact) mass is 454 g/mol. The maximum absolute atomic E-state index is 15.0. The van der Waals surface area contributed by atoms with Crippen molar-refractivity contribution in [2.24, 2.45) is 17.6 Å². The summed E-state index contributed by atoms with van der Waals surface area (Å²) in [5, 5.41) is 7.55. The van der Waals surface area contributed by atoms with Crippen LogP contribution in [0.1, 0.15) is 11.9 Å².